The zero-order valence-electron chi connectivity index (χ0n) is 8.38. The maximum Gasteiger partial charge on any atom is 0.343 e. The van der Waals surface area contributed by atoms with Crippen molar-refractivity contribution in [2.75, 3.05) is 6.61 Å². The quantitative estimate of drug-likeness (QED) is 0.864. The summed E-state index contributed by atoms with van der Waals surface area (Å²) in [5.74, 6) is -1.34. The van der Waals surface area contributed by atoms with Crippen LogP contribution in [0.25, 0.3) is 11.0 Å². The number of esters is 1. The highest BCUT2D eigenvalue weighted by atomic mass is 79.9. The van der Waals surface area contributed by atoms with Crippen LogP contribution in [0.5, 0.6) is 0 Å². The van der Waals surface area contributed by atoms with Gasteiger partial charge in [0.15, 0.2) is 4.73 Å². The van der Waals surface area contributed by atoms with Crippen LogP contribution in [0, 0.1) is 5.82 Å². The van der Waals surface area contributed by atoms with Crippen molar-refractivity contribution >= 4 is 32.9 Å². The van der Waals surface area contributed by atoms with Crippen molar-refractivity contribution in [3.63, 3.8) is 0 Å². The molecule has 2 rings (SSSR count). The third-order valence-corrected chi connectivity index (χ3v) is 2.43. The van der Waals surface area contributed by atoms with E-state index in [4.69, 9.17) is 4.74 Å². The van der Waals surface area contributed by atoms with Crippen LogP contribution in [0.3, 0.4) is 0 Å². The van der Waals surface area contributed by atoms with E-state index in [1.807, 2.05) is 0 Å². The van der Waals surface area contributed by atoms with Gasteiger partial charge in [-0.25, -0.2) is 14.2 Å². The molecule has 0 saturated carbocycles. The Bertz CT molecular complexity index is 553. The van der Waals surface area contributed by atoms with E-state index in [1.54, 1.807) is 6.92 Å². The van der Waals surface area contributed by atoms with Gasteiger partial charge in [0.1, 0.15) is 16.9 Å². The average molecular weight is 287 g/mol. The highest BCUT2D eigenvalue weighted by molar-refractivity contribution is 9.10. The highest BCUT2D eigenvalue weighted by Crippen LogP contribution is 2.22. The van der Waals surface area contributed by atoms with Gasteiger partial charge in [-0.1, -0.05) is 0 Å². The first-order chi connectivity index (χ1) is 7.63. The molecule has 0 fully saturated rings. The molecule has 0 unspecified atom stereocenters. The monoisotopic (exact) mass is 286 g/mol. The lowest BCUT2D eigenvalue weighted by Gasteiger charge is -2.03. The molecule has 0 spiro atoms. The zero-order chi connectivity index (χ0) is 11.7. The number of carbonyl (C=O) groups is 1. The Kier molecular flexibility index (Phi) is 2.91. The van der Waals surface area contributed by atoms with Crippen molar-refractivity contribution in [1.29, 1.82) is 0 Å². The number of imidazole rings is 1. The Morgan fingerprint density at radius 2 is 2.38 bits per heavy atom. The van der Waals surface area contributed by atoms with E-state index in [2.05, 4.69) is 25.9 Å². The minimum absolute atomic E-state index is 0.138. The third kappa shape index (κ3) is 1.80. The average Bonchev–Trinajstić information content (AvgIpc) is 2.58. The molecule has 6 heteroatoms. The lowest BCUT2D eigenvalue weighted by molar-refractivity contribution is 0.0523. The SMILES string of the molecule is CCOC(=O)c1c(F)ccc2[nH]c(Br)nc12. The Hall–Kier alpha value is -1.43. The minimum Gasteiger partial charge on any atom is -0.462 e. The summed E-state index contributed by atoms with van der Waals surface area (Å²) in [5, 5.41) is 0. The maximum absolute atomic E-state index is 13.5. The van der Waals surface area contributed by atoms with Crippen LogP contribution < -0.4 is 0 Å². The van der Waals surface area contributed by atoms with Crippen LogP contribution in [-0.2, 0) is 4.74 Å². The molecule has 0 aliphatic carbocycles. The molecule has 1 heterocycles. The molecule has 0 bridgehead atoms. The van der Waals surface area contributed by atoms with Gasteiger partial charge in [0.05, 0.1) is 12.1 Å². The van der Waals surface area contributed by atoms with E-state index in [0.717, 1.165) is 0 Å². The van der Waals surface area contributed by atoms with E-state index in [-0.39, 0.29) is 17.7 Å². The van der Waals surface area contributed by atoms with Gasteiger partial charge in [-0.3, -0.25) is 0 Å². The van der Waals surface area contributed by atoms with Gasteiger partial charge in [-0.15, -0.1) is 0 Å². The largest absolute Gasteiger partial charge is 0.462 e. The van der Waals surface area contributed by atoms with Gasteiger partial charge in [0.25, 0.3) is 0 Å². The zero-order valence-corrected chi connectivity index (χ0v) is 9.97. The molecule has 84 valence electrons. The Morgan fingerprint density at radius 1 is 1.62 bits per heavy atom. The number of aromatic amines is 1. The second-order valence-corrected chi connectivity index (χ2v) is 3.82. The first-order valence-electron chi connectivity index (χ1n) is 4.64. The fourth-order valence-electron chi connectivity index (χ4n) is 1.42. The van der Waals surface area contributed by atoms with Gasteiger partial charge in [0.2, 0.25) is 0 Å². The van der Waals surface area contributed by atoms with E-state index in [1.165, 1.54) is 12.1 Å². The second kappa shape index (κ2) is 4.21. The van der Waals surface area contributed by atoms with E-state index < -0.39 is 11.8 Å². The first kappa shape index (κ1) is 11.1. The van der Waals surface area contributed by atoms with Crippen molar-refractivity contribution < 1.29 is 13.9 Å². The fourth-order valence-corrected chi connectivity index (χ4v) is 1.81. The number of H-pyrrole nitrogens is 1. The summed E-state index contributed by atoms with van der Waals surface area (Å²) < 4.78 is 18.8. The Balaban J connectivity index is 2.65. The van der Waals surface area contributed by atoms with Gasteiger partial charge < -0.3 is 9.72 Å². The Morgan fingerprint density at radius 3 is 3.06 bits per heavy atom. The summed E-state index contributed by atoms with van der Waals surface area (Å²) in [6.45, 7) is 1.86. The maximum atomic E-state index is 13.5. The molecule has 0 radical (unpaired) electrons. The van der Waals surface area contributed by atoms with Crippen LogP contribution in [-0.4, -0.2) is 22.5 Å². The number of carbonyl (C=O) groups excluding carboxylic acids is 1. The topological polar surface area (TPSA) is 55.0 Å². The second-order valence-electron chi connectivity index (χ2n) is 3.07. The summed E-state index contributed by atoms with van der Waals surface area (Å²) in [5.41, 5.74) is 0.711. The molecule has 1 aromatic heterocycles. The summed E-state index contributed by atoms with van der Waals surface area (Å²) in [7, 11) is 0. The number of rotatable bonds is 2. The van der Waals surface area contributed by atoms with Gasteiger partial charge >= 0.3 is 5.97 Å². The molecule has 0 amide bonds. The van der Waals surface area contributed by atoms with Crippen LogP contribution in [0.15, 0.2) is 16.9 Å². The highest BCUT2D eigenvalue weighted by Gasteiger charge is 2.19. The molecule has 1 aromatic carbocycles. The number of halogens is 2. The van der Waals surface area contributed by atoms with E-state index >= 15 is 0 Å². The molecule has 0 saturated heterocycles. The van der Waals surface area contributed by atoms with Crippen molar-refractivity contribution in [2.45, 2.75) is 6.92 Å². The van der Waals surface area contributed by atoms with Crippen LogP contribution in [0.1, 0.15) is 17.3 Å². The third-order valence-electron chi connectivity index (χ3n) is 2.05. The number of benzene rings is 1. The number of nitrogens with one attached hydrogen (secondary N) is 1. The van der Waals surface area contributed by atoms with Crippen molar-refractivity contribution in [3.8, 4) is 0 Å². The molecule has 0 aliphatic heterocycles. The van der Waals surface area contributed by atoms with Crippen molar-refractivity contribution in [1.82, 2.24) is 9.97 Å². The van der Waals surface area contributed by atoms with Crippen LogP contribution in [0.2, 0.25) is 0 Å². The summed E-state index contributed by atoms with van der Waals surface area (Å²) in [6.07, 6.45) is 0. The normalized spacial score (nSPS) is 10.7. The minimum atomic E-state index is -0.704. The number of hydrogen-bond donors (Lipinski definition) is 1. The summed E-state index contributed by atoms with van der Waals surface area (Å²) in [4.78, 5) is 18.4. The van der Waals surface area contributed by atoms with Crippen molar-refractivity contribution in [3.05, 3.63) is 28.2 Å². The predicted molar refractivity (Wildman–Crippen MR) is 59.7 cm³/mol. The van der Waals surface area contributed by atoms with Gasteiger partial charge in [-0.05, 0) is 35.0 Å². The molecular formula is C10H8BrFN2O2. The van der Waals surface area contributed by atoms with Gasteiger partial charge in [-0.2, -0.15) is 0 Å². The number of aromatic nitrogens is 2. The number of fused-ring (bicyclic) bond motifs is 1. The number of ether oxygens (including phenoxy) is 1. The summed E-state index contributed by atoms with van der Waals surface area (Å²) >= 11 is 3.13. The first-order valence-corrected chi connectivity index (χ1v) is 5.43. The Labute approximate surface area is 98.9 Å². The molecule has 0 atom stereocenters. The number of hydrogen-bond acceptors (Lipinski definition) is 3. The van der Waals surface area contributed by atoms with Crippen LogP contribution >= 0.6 is 15.9 Å². The molecular weight excluding hydrogens is 279 g/mol. The van der Waals surface area contributed by atoms with E-state index in [0.29, 0.717) is 10.3 Å². The lowest BCUT2D eigenvalue weighted by Crippen LogP contribution is -2.08. The molecule has 1 N–H and O–H groups in total. The molecule has 0 aliphatic rings. The predicted octanol–water partition coefficient (Wildman–Crippen LogP) is 2.64. The number of nitrogens with zero attached hydrogens (tertiary/aromatic N) is 1. The molecule has 16 heavy (non-hydrogen) atoms. The van der Waals surface area contributed by atoms with Crippen LogP contribution in [0.4, 0.5) is 4.39 Å². The molecule has 2 aromatic rings. The standard InChI is InChI=1S/C10H8BrFN2O2/c1-2-16-9(15)7-5(12)3-4-6-8(7)14-10(11)13-6/h3-4H,2H2,1H3,(H,13,14). The summed E-state index contributed by atoms with van der Waals surface area (Å²) in [6, 6.07) is 2.73. The fraction of sp³-hybridized carbons (Fsp3) is 0.200. The van der Waals surface area contributed by atoms with E-state index in [9.17, 15) is 9.18 Å². The van der Waals surface area contributed by atoms with Crippen molar-refractivity contribution in [2.24, 2.45) is 0 Å². The van der Waals surface area contributed by atoms with Gasteiger partial charge in [0, 0.05) is 0 Å². The lowest BCUT2D eigenvalue weighted by atomic mass is 10.2. The molecule has 4 nitrogen and oxygen atoms in total. The smallest absolute Gasteiger partial charge is 0.343 e.